The lowest BCUT2D eigenvalue weighted by Crippen LogP contribution is -2.37. The van der Waals surface area contributed by atoms with Crippen molar-refractivity contribution in [2.45, 2.75) is 24.8 Å². The average Bonchev–Trinajstić information content (AvgIpc) is 2.52. The van der Waals surface area contributed by atoms with E-state index in [2.05, 4.69) is 4.74 Å². The van der Waals surface area contributed by atoms with E-state index in [1.807, 2.05) is 0 Å². The molecule has 14 heteroatoms. The molecule has 0 aliphatic rings. The molecule has 0 aliphatic heterocycles. The zero-order valence-electron chi connectivity index (χ0n) is 15.5. The van der Waals surface area contributed by atoms with Gasteiger partial charge in [-0.2, -0.15) is 13.2 Å². The molecule has 0 fully saturated rings. The van der Waals surface area contributed by atoms with Gasteiger partial charge < -0.3 is 19.3 Å². The van der Waals surface area contributed by atoms with Gasteiger partial charge in [-0.1, -0.05) is 0 Å². The van der Waals surface area contributed by atoms with Crippen molar-refractivity contribution in [3.8, 4) is 23.0 Å². The number of benzene rings is 2. The standard InChI is InChI=1S/C17H9B3F6O5/c1-7-9(15(21,22)23)3-5-11(13(7)14(27)28)29-10-4-2-8(30-17(24,25)26)6-12(10)31-16(18,19)20/h2-6H,1H3,(H,27,28). The number of carboxylic acids is 1. The molecule has 31 heavy (non-hydrogen) atoms. The van der Waals surface area contributed by atoms with Gasteiger partial charge in [-0.15, -0.1) is 13.2 Å². The van der Waals surface area contributed by atoms with Crippen LogP contribution in [0.15, 0.2) is 30.3 Å². The molecule has 0 aromatic heterocycles. The van der Waals surface area contributed by atoms with Crippen LogP contribution >= 0.6 is 0 Å². The molecule has 0 spiro atoms. The molecule has 158 valence electrons. The van der Waals surface area contributed by atoms with Crippen LogP contribution in [0.1, 0.15) is 21.5 Å². The molecule has 0 saturated carbocycles. The normalized spacial score (nSPS) is 12.4. The summed E-state index contributed by atoms with van der Waals surface area (Å²) in [5.74, 6) is -4.17. The van der Waals surface area contributed by atoms with Crippen molar-refractivity contribution >= 4 is 29.5 Å². The highest BCUT2D eigenvalue weighted by Gasteiger charge is 2.35. The first-order valence-corrected chi connectivity index (χ1v) is 8.05. The number of aromatic carboxylic acids is 1. The van der Waals surface area contributed by atoms with Crippen molar-refractivity contribution in [2.75, 3.05) is 0 Å². The quantitative estimate of drug-likeness (QED) is 0.546. The van der Waals surface area contributed by atoms with Gasteiger partial charge in [-0.3, -0.25) is 0 Å². The summed E-state index contributed by atoms with van der Waals surface area (Å²) in [6, 6.07) is 3.59. The Hall–Kier alpha value is -2.92. The Morgan fingerprint density at radius 1 is 0.903 bits per heavy atom. The Kier molecular flexibility index (Phi) is 6.53. The number of carbonyl (C=O) groups is 1. The van der Waals surface area contributed by atoms with E-state index in [4.69, 9.17) is 33.0 Å². The minimum absolute atomic E-state index is 0.457. The number of ether oxygens (including phenoxy) is 3. The molecular formula is C17H9B3F6O5. The van der Waals surface area contributed by atoms with Crippen LogP contribution in [0.4, 0.5) is 26.3 Å². The summed E-state index contributed by atoms with van der Waals surface area (Å²) in [7, 11) is 15.8. The molecule has 0 saturated heterocycles. The third kappa shape index (κ3) is 6.53. The zero-order chi connectivity index (χ0) is 23.8. The Morgan fingerprint density at radius 2 is 1.48 bits per heavy atom. The van der Waals surface area contributed by atoms with Gasteiger partial charge >= 0.3 is 18.5 Å². The van der Waals surface area contributed by atoms with E-state index in [-0.39, 0.29) is 0 Å². The van der Waals surface area contributed by atoms with E-state index in [0.29, 0.717) is 12.1 Å². The highest BCUT2D eigenvalue weighted by atomic mass is 19.4. The minimum atomic E-state index is -5.06. The van der Waals surface area contributed by atoms with E-state index < -0.39 is 63.5 Å². The van der Waals surface area contributed by atoms with Crippen LogP contribution in [0, 0.1) is 6.92 Å². The van der Waals surface area contributed by atoms with E-state index in [9.17, 15) is 36.2 Å². The van der Waals surface area contributed by atoms with Crippen LogP contribution in [-0.2, 0) is 6.18 Å². The predicted octanol–water partition coefficient (Wildman–Crippen LogP) is 3.90. The molecule has 0 unspecified atom stereocenters. The number of halogens is 6. The third-order valence-corrected chi connectivity index (χ3v) is 3.60. The van der Waals surface area contributed by atoms with Gasteiger partial charge in [0.15, 0.2) is 11.5 Å². The molecule has 0 amide bonds. The number of carboxylic acid groups (broad SMARTS) is 1. The maximum atomic E-state index is 13.1. The first kappa shape index (κ1) is 24.4. The fourth-order valence-electron chi connectivity index (χ4n) is 2.50. The van der Waals surface area contributed by atoms with Crippen molar-refractivity contribution < 1.29 is 50.5 Å². The van der Waals surface area contributed by atoms with Crippen LogP contribution in [0.2, 0.25) is 0 Å². The molecule has 2 aromatic carbocycles. The Balaban J connectivity index is 2.56. The van der Waals surface area contributed by atoms with E-state index in [1.165, 1.54) is 0 Å². The molecule has 2 aromatic rings. The smallest absolute Gasteiger partial charge is 0.512 e. The second-order valence-corrected chi connectivity index (χ2v) is 6.13. The molecule has 0 bridgehead atoms. The van der Waals surface area contributed by atoms with Gasteiger partial charge in [-0.05, 0) is 42.1 Å². The van der Waals surface area contributed by atoms with E-state index in [1.54, 1.807) is 0 Å². The Bertz CT molecular complexity index is 986. The Labute approximate surface area is 175 Å². The molecule has 0 atom stereocenters. The van der Waals surface area contributed by atoms with Crippen LogP contribution in [-0.4, -0.2) is 46.3 Å². The third-order valence-electron chi connectivity index (χ3n) is 3.60. The lowest BCUT2D eigenvalue weighted by atomic mass is 9.52. The summed E-state index contributed by atoms with van der Waals surface area (Å²) in [6.45, 7) is 0.918. The van der Waals surface area contributed by atoms with Crippen molar-refractivity contribution in [1.29, 1.82) is 0 Å². The maximum absolute atomic E-state index is 13.1. The van der Waals surface area contributed by atoms with Crippen LogP contribution < -0.4 is 14.2 Å². The van der Waals surface area contributed by atoms with Crippen LogP contribution in [0.25, 0.3) is 0 Å². The van der Waals surface area contributed by atoms with Crippen LogP contribution in [0.5, 0.6) is 23.0 Å². The van der Waals surface area contributed by atoms with E-state index in [0.717, 1.165) is 25.1 Å². The largest absolute Gasteiger partial charge is 0.573 e. The average molecular weight is 440 g/mol. The molecule has 6 radical (unpaired) electrons. The number of rotatable bonds is 6. The second-order valence-electron chi connectivity index (χ2n) is 6.13. The molecule has 5 nitrogen and oxygen atoms in total. The fourth-order valence-corrected chi connectivity index (χ4v) is 2.50. The second kappa shape index (κ2) is 8.31. The first-order chi connectivity index (χ1) is 14.0. The van der Waals surface area contributed by atoms with Gasteiger partial charge in [-0.25, -0.2) is 4.79 Å². The van der Waals surface area contributed by atoms with Gasteiger partial charge in [0.05, 0.1) is 5.56 Å². The predicted molar refractivity (Wildman–Crippen MR) is 97.0 cm³/mol. The van der Waals surface area contributed by atoms with Crippen molar-refractivity contribution in [1.82, 2.24) is 0 Å². The summed E-state index contributed by atoms with van der Waals surface area (Å²) < 4.78 is 90.5. The lowest BCUT2D eigenvalue weighted by molar-refractivity contribution is -0.274. The highest BCUT2D eigenvalue weighted by molar-refractivity contribution is 6.58. The molecule has 2 rings (SSSR count). The van der Waals surface area contributed by atoms with Gasteiger partial charge in [0, 0.05) is 6.07 Å². The van der Waals surface area contributed by atoms with Gasteiger partial charge in [0.1, 0.15) is 40.6 Å². The van der Waals surface area contributed by atoms with Crippen LogP contribution in [0.3, 0.4) is 0 Å². The number of hydrogen-bond acceptors (Lipinski definition) is 4. The van der Waals surface area contributed by atoms with Gasteiger partial charge in [0.25, 0.3) is 0 Å². The first-order valence-electron chi connectivity index (χ1n) is 8.05. The molecule has 1 N–H and O–H groups in total. The summed E-state index contributed by atoms with van der Waals surface area (Å²) in [5.41, 5.74) is -2.70. The summed E-state index contributed by atoms with van der Waals surface area (Å²) in [5, 5.41) is 6.96. The SMILES string of the molecule is [B]C([B])([B])Oc1cc(OC(F)(F)F)ccc1Oc1ccc(C(F)(F)F)c(C)c1C(=O)O. The van der Waals surface area contributed by atoms with Crippen molar-refractivity contribution in [3.05, 3.63) is 47.0 Å². The molecule has 0 heterocycles. The topological polar surface area (TPSA) is 65.0 Å². The maximum Gasteiger partial charge on any atom is 0.573 e. The number of alkyl halides is 6. The molecular weight excluding hydrogens is 431 g/mol. The highest BCUT2D eigenvalue weighted by Crippen LogP contribution is 2.41. The lowest BCUT2D eigenvalue weighted by Gasteiger charge is -2.25. The Morgan fingerprint density at radius 3 is 1.97 bits per heavy atom. The zero-order valence-corrected chi connectivity index (χ0v) is 15.5. The number of hydrogen-bond donors (Lipinski definition) is 1. The van der Waals surface area contributed by atoms with Crippen molar-refractivity contribution in [2.24, 2.45) is 0 Å². The minimum Gasteiger partial charge on any atom is -0.512 e. The summed E-state index contributed by atoms with van der Waals surface area (Å²) >= 11 is 0. The molecule has 0 aliphatic carbocycles. The van der Waals surface area contributed by atoms with Gasteiger partial charge in [0.2, 0.25) is 0 Å². The monoisotopic (exact) mass is 440 g/mol. The summed E-state index contributed by atoms with van der Waals surface area (Å²) in [4.78, 5) is 11.6. The summed E-state index contributed by atoms with van der Waals surface area (Å²) in [6.07, 6.45) is -9.90. The van der Waals surface area contributed by atoms with E-state index >= 15 is 0 Å². The van der Waals surface area contributed by atoms with Crippen molar-refractivity contribution in [3.63, 3.8) is 0 Å². The fraction of sp³-hybridized carbons (Fsp3) is 0.235.